The number of halogens is 1. The Morgan fingerprint density at radius 1 is 1.38 bits per heavy atom. The third kappa shape index (κ3) is 3.88. The van der Waals surface area contributed by atoms with E-state index in [0.29, 0.717) is 24.5 Å². The van der Waals surface area contributed by atoms with Crippen LogP contribution < -0.4 is 5.32 Å². The first-order chi connectivity index (χ1) is 10.1. The Kier molecular flexibility index (Phi) is 5.05. The van der Waals surface area contributed by atoms with Gasteiger partial charge in [-0.3, -0.25) is 9.48 Å². The highest BCUT2D eigenvalue weighted by Gasteiger charge is 2.13. The molecule has 6 heteroatoms. The highest BCUT2D eigenvalue weighted by molar-refractivity contribution is 5.93. The first-order valence-electron chi connectivity index (χ1n) is 6.69. The number of amides is 1. The van der Waals surface area contributed by atoms with Crippen molar-refractivity contribution in [3.05, 3.63) is 41.8 Å². The van der Waals surface area contributed by atoms with E-state index in [1.807, 2.05) is 0 Å². The first kappa shape index (κ1) is 15.2. The molecule has 0 atom stereocenters. The molecular formula is C15H18FN3O2. The Balaban J connectivity index is 2.08. The maximum Gasteiger partial charge on any atom is 0.269 e. The van der Waals surface area contributed by atoms with E-state index in [0.717, 1.165) is 12.0 Å². The van der Waals surface area contributed by atoms with Crippen molar-refractivity contribution in [3.63, 3.8) is 0 Å². The minimum absolute atomic E-state index is 0.186. The molecule has 1 aromatic carbocycles. The van der Waals surface area contributed by atoms with Gasteiger partial charge in [-0.15, -0.1) is 0 Å². The number of rotatable bonds is 6. The zero-order chi connectivity index (χ0) is 15.2. The lowest BCUT2D eigenvalue weighted by Gasteiger charge is -2.04. The lowest BCUT2D eigenvalue weighted by atomic mass is 10.1. The summed E-state index contributed by atoms with van der Waals surface area (Å²) in [6.45, 7) is 1.15. The summed E-state index contributed by atoms with van der Waals surface area (Å²) >= 11 is 0. The predicted molar refractivity (Wildman–Crippen MR) is 77.4 cm³/mol. The SMILES string of the molecule is COCCCNC(=O)c1cc(-c2ccc(F)cc2)nn1C. The number of methoxy groups -OCH3 is 1. The molecule has 0 saturated heterocycles. The smallest absolute Gasteiger partial charge is 0.269 e. The molecule has 0 spiro atoms. The first-order valence-corrected chi connectivity index (χ1v) is 6.69. The van der Waals surface area contributed by atoms with E-state index in [-0.39, 0.29) is 11.7 Å². The zero-order valence-electron chi connectivity index (χ0n) is 12.1. The third-order valence-corrected chi connectivity index (χ3v) is 3.06. The van der Waals surface area contributed by atoms with Gasteiger partial charge in [-0.25, -0.2) is 4.39 Å². The van der Waals surface area contributed by atoms with Crippen LogP contribution in [0.15, 0.2) is 30.3 Å². The Bertz CT molecular complexity index is 608. The van der Waals surface area contributed by atoms with E-state index in [9.17, 15) is 9.18 Å². The summed E-state index contributed by atoms with van der Waals surface area (Å²) in [6, 6.07) is 7.71. The number of aromatic nitrogens is 2. The average Bonchev–Trinajstić information content (AvgIpc) is 2.86. The molecule has 0 aliphatic rings. The molecule has 0 saturated carbocycles. The van der Waals surface area contributed by atoms with Gasteiger partial charge in [0.1, 0.15) is 11.5 Å². The molecule has 0 unspecified atom stereocenters. The minimum Gasteiger partial charge on any atom is -0.385 e. The van der Waals surface area contributed by atoms with E-state index < -0.39 is 0 Å². The molecule has 1 heterocycles. The van der Waals surface area contributed by atoms with Gasteiger partial charge in [-0.2, -0.15) is 5.10 Å². The molecule has 1 N–H and O–H groups in total. The van der Waals surface area contributed by atoms with Gasteiger partial charge < -0.3 is 10.1 Å². The van der Waals surface area contributed by atoms with Crippen LogP contribution in [-0.2, 0) is 11.8 Å². The predicted octanol–water partition coefficient (Wildman–Crippen LogP) is 1.99. The van der Waals surface area contributed by atoms with Crippen molar-refractivity contribution in [1.82, 2.24) is 15.1 Å². The standard InChI is InChI=1S/C15H18FN3O2/c1-19-14(15(20)17-8-3-9-21-2)10-13(18-19)11-4-6-12(16)7-5-11/h4-7,10H,3,8-9H2,1-2H3,(H,17,20). The monoisotopic (exact) mass is 291 g/mol. The fourth-order valence-corrected chi connectivity index (χ4v) is 1.95. The van der Waals surface area contributed by atoms with Crippen LogP contribution in [0.5, 0.6) is 0 Å². The van der Waals surface area contributed by atoms with E-state index in [1.165, 1.54) is 16.8 Å². The molecule has 21 heavy (non-hydrogen) atoms. The number of carbonyl (C=O) groups is 1. The second-order valence-electron chi connectivity index (χ2n) is 4.65. The van der Waals surface area contributed by atoms with Gasteiger partial charge in [0.2, 0.25) is 0 Å². The molecule has 0 bridgehead atoms. The van der Waals surface area contributed by atoms with Gasteiger partial charge in [-0.1, -0.05) is 0 Å². The van der Waals surface area contributed by atoms with E-state index >= 15 is 0 Å². The second-order valence-corrected chi connectivity index (χ2v) is 4.65. The van der Waals surface area contributed by atoms with Crippen molar-refractivity contribution in [1.29, 1.82) is 0 Å². The van der Waals surface area contributed by atoms with Crippen molar-refractivity contribution in [3.8, 4) is 11.3 Å². The van der Waals surface area contributed by atoms with Crippen LogP contribution in [0.4, 0.5) is 4.39 Å². The van der Waals surface area contributed by atoms with E-state index in [1.54, 1.807) is 32.4 Å². The topological polar surface area (TPSA) is 56.1 Å². The number of aryl methyl sites for hydroxylation is 1. The Morgan fingerprint density at radius 3 is 2.76 bits per heavy atom. The van der Waals surface area contributed by atoms with Crippen LogP contribution in [0.25, 0.3) is 11.3 Å². The molecule has 0 fully saturated rings. The van der Waals surface area contributed by atoms with Gasteiger partial charge in [0.15, 0.2) is 0 Å². The maximum atomic E-state index is 12.9. The van der Waals surface area contributed by atoms with Crippen LogP contribution >= 0.6 is 0 Å². The Morgan fingerprint density at radius 2 is 2.10 bits per heavy atom. The summed E-state index contributed by atoms with van der Waals surface area (Å²) in [7, 11) is 3.33. The molecule has 1 amide bonds. The lowest BCUT2D eigenvalue weighted by molar-refractivity contribution is 0.0939. The normalized spacial score (nSPS) is 10.6. The minimum atomic E-state index is -0.300. The number of benzene rings is 1. The van der Waals surface area contributed by atoms with Crippen molar-refractivity contribution in [2.75, 3.05) is 20.3 Å². The molecular weight excluding hydrogens is 273 g/mol. The summed E-state index contributed by atoms with van der Waals surface area (Å²) in [5, 5.41) is 7.09. The Hall–Kier alpha value is -2.21. The average molecular weight is 291 g/mol. The van der Waals surface area contributed by atoms with Crippen LogP contribution in [0.3, 0.4) is 0 Å². The number of carbonyl (C=O) groups excluding carboxylic acids is 1. The van der Waals surface area contributed by atoms with Crippen molar-refractivity contribution < 1.29 is 13.9 Å². The number of nitrogens with one attached hydrogen (secondary N) is 1. The van der Waals surface area contributed by atoms with Crippen LogP contribution in [0.1, 0.15) is 16.9 Å². The van der Waals surface area contributed by atoms with E-state index in [2.05, 4.69) is 10.4 Å². The molecule has 2 rings (SSSR count). The van der Waals surface area contributed by atoms with Gasteiger partial charge in [0.25, 0.3) is 5.91 Å². The van der Waals surface area contributed by atoms with Crippen molar-refractivity contribution >= 4 is 5.91 Å². The molecule has 2 aromatic rings. The van der Waals surface area contributed by atoms with Gasteiger partial charge >= 0.3 is 0 Å². The highest BCUT2D eigenvalue weighted by Crippen LogP contribution is 2.19. The Labute approximate surface area is 122 Å². The van der Waals surface area contributed by atoms with Crippen LogP contribution in [0.2, 0.25) is 0 Å². The fourth-order valence-electron chi connectivity index (χ4n) is 1.95. The summed E-state index contributed by atoms with van der Waals surface area (Å²) in [6.07, 6.45) is 0.755. The fraction of sp³-hybridized carbons (Fsp3) is 0.333. The molecule has 112 valence electrons. The summed E-state index contributed by atoms with van der Waals surface area (Å²) < 4.78 is 19.4. The van der Waals surface area contributed by atoms with Crippen molar-refractivity contribution in [2.45, 2.75) is 6.42 Å². The molecule has 0 radical (unpaired) electrons. The second kappa shape index (κ2) is 6.99. The van der Waals surface area contributed by atoms with Gasteiger partial charge in [-0.05, 0) is 36.8 Å². The van der Waals surface area contributed by atoms with Crippen LogP contribution in [-0.4, -0.2) is 35.9 Å². The molecule has 5 nitrogen and oxygen atoms in total. The largest absolute Gasteiger partial charge is 0.385 e. The van der Waals surface area contributed by atoms with Crippen molar-refractivity contribution in [2.24, 2.45) is 7.05 Å². The number of hydrogen-bond acceptors (Lipinski definition) is 3. The summed E-state index contributed by atoms with van der Waals surface area (Å²) in [5.74, 6) is -0.486. The zero-order valence-corrected chi connectivity index (χ0v) is 12.1. The van der Waals surface area contributed by atoms with Gasteiger partial charge in [0.05, 0.1) is 5.69 Å². The number of nitrogens with zero attached hydrogens (tertiary/aromatic N) is 2. The van der Waals surface area contributed by atoms with Crippen LogP contribution in [0, 0.1) is 5.82 Å². The third-order valence-electron chi connectivity index (χ3n) is 3.06. The molecule has 1 aromatic heterocycles. The quantitative estimate of drug-likeness (QED) is 0.828. The molecule has 0 aliphatic carbocycles. The van der Waals surface area contributed by atoms with E-state index in [4.69, 9.17) is 4.74 Å². The highest BCUT2D eigenvalue weighted by atomic mass is 19.1. The number of hydrogen-bond donors (Lipinski definition) is 1. The summed E-state index contributed by atoms with van der Waals surface area (Å²) in [5.41, 5.74) is 1.87. The summed E-state index contributed by atoms with van der Waals surface area (Å²) in [4.78, 5) is 12.1. The lowest BCUT2D eigenvalue weighted by Crippen LogP contribution is -2.27. The molecule has 0 aliphatic heterocycles. The van der Waals surface area contributed by atoms with Gasteiger partial charge in [0, 0.05) is 32.9 Å². The number of ether oxygens (including phenoxy) is 1. The maximum absolute atomic E-state index is 12.9.